The predicted molar refractivity (Wildman–Crippen MR) is 93.1 cm³/mol. The minimum atomic E-state index is -1.53. The van der Waals surface area contributed by atoms with E-state index in [1.807, 2.05) is 0 Å². The van der Waals surface area contributed by atoms with Gasteiger partial charge < -0.3 is 9.47 Å². The maximum absolute atomic E-state index is 12.3. The van der Waals surface area contributed by atoms with Crippen LogP contribution in [0.4, 0.5) is 5.69 Å². The van der Waals surface area contributed by atoms with Gasteiger partial charge in [0.1, 0.15) is 6.29 Å². The smallest absolute Gasteiger partial charge is 0.325 e. The molecule has 0 heterocycles. The van der Waals surface area contributed by atoms with Crippen LogP contribution in [0.2, 0.25) is 0 Å². The number of esters is 2. The molecule has 8 heteroatoms. The zero-order chi connectivity index (χ0) is 19.9. The average molecular weight is 363 g/mol. The van der Waals surface area contributed by atoms with E-state index >= 15 is 0 Å². The molecule has 0 saturated carbocycles. The molecule has 0 aliphatic carbocycles. The second-order valence-corrected chi connectivity index (χ2v) is 6.02. The molecule has 1 rings (SSSR count). The average Bonchev–Trinajstić information content (AvgIpc) is 2.53. The number of hydrogen-bond acceptors (Lipinski definition) is 7. The van der Waals surface area contributed by atoms with Crippen molar-refractivity contribution in [2.24, 2.45) is 5.92 Å². The quantitative estimate of drug-likeness (QED) is 0.174. The lowest BCUT2D eigenvalue weighted by molar-refractivity contribution is -0.384. The Balaban J connectivity index is 3.25. The normalized spacial score (nSPS) is 11.6. The number of non-ortho nitro benzene ring substituents is 1. The minimum Gasteiger partial charge on any atom is -0.462 e. The summed E-state index contributed by atoms with van der Waals surface area (Å²) in [6, 6.07) is 5.31. The van der Waals surface area contributed by atoms with Gasteiger partial charge in [0.25, 0.3) is 5.69 Å². The molecule has 140 valence electrons. The lowest BCUT2D eigenvalue weighted by atomic mass is 9.97. The van der Waals surface area contributed by atoms with Gasteiger partial charge in [-0.2, -0.15) is 0 Å². The molecule has 26 heavy (non-hydrogen) atoms. The molecular weight excluding hydrogens is 342 g/mol. The van der Waals surface area contributed by atoms with E-state index in [2.05, 4.69) is 0 Å². The largest absolute Gasteiger partial charge is 0.462 e. The Kier molecular flexibility index (Phi) is 7.64. The zero-order valence-corrected chi connectivity index (χ0v) is 15.0. The van der Waals surface area contributed by atoms with Gasteiger partial charge in [-0.15, -0.1) is 0 Å². The molecule has 0 aromatic heterocycles. The SMILES string of the molecule is CC(C)OC(=O)C(C(=O)OC(C)C)/C(C=O)=C\c1ccc([N+](=O)[O-])cc1. The molecule has 0 bridgehead atoms. The van der Waals surface area contributed by atoms with Crippen LogP contribution in [0.15, 0.2) is 29.8 Å². The van der Waals surface area contributed by atoms with Crippen LogP contribution in [0.5, 0.6) is 0 Å². The first-order valence-electron chi connectivity index (χ1n) is 7.98. The minimum absolute atomic E-state index is 0.121. The number of hydrogen-bond donors (Lipinski definition) is 0. The monoisotopic (exact) mass is 363 g/mol. The van der Waals surface area contributed by atoms with Crippen LogP contribution >= 0.6 is 0 Å². The summed E-state index contributed by atoms with van der Waals surface area (Å²) in [6.45, 7) is 6.46. The first-order chi connectivity index (χ1) is 12.1. The lowest BCUT2D eigenvalue weighted by Gasteiger charge is -2.18. The molecule has 0 atom stereocenters. The van der Waals surface area contributed by atoms with Crippen LogP contribution in [0.3, 0.4) is 0 Å². The van der Waals surface area contributed by atoms with Crippen LogP contribution in [0.1, 0.15) is 33.3 Å². The summed E-state index contributed by atoms with van der Waals surface area (Å²) >= 11 is 0. The molecule has 0 spiro atoms. The fraction of sp³-hybridized carbons (Fsp3) is 0.389. The van der Waals surface area contributed by atoms with Gasteiger partial charge in [0.05, 0.1) is 17.1 Å². The van der Waals surface area contributed by atoms with Crippen LogP contribution in [-0.4, -0.2) is 35.4 Å². The topological polar surface area (TPSA) is 113 Å². The Morgan fingerprint density at radius 1 is 1.00 bits per heavy atom. The van der Waals surface area contributed by atoms with Crippen molar-refractivity contribution in [2.75, 3.05) is 0 Å². The van der Waals surface area contributed by atoms with Crippen molar-refractivity contribution >= 4 is 30.0 Å². The fourth-order valence-corrected chi connectivity index (χ4v) is 2.04. The number of carbonyl (C=O) groups is 3. The van der Waals surface area contributed by atoms with Gasteiger partial charge in [-0.25, -0.2) is 0 Å². The van der Waals surface area contributed by atoms with Crippen LogP contribution < -0.4 is 0 Å². The highest BCUT2D eigenvalue weighted by atomic mass is 16.6. The summed E-state index contributed by atoms with van der Waals surface area (Å²) < 4.78 is 10.1. The van der Waals surface area contributed by atoms with Crippen LogP contribution in [0.25, 0.3) is 6.08 Å². The molecular formula is C18H21NO7. The molecule has 0 unspecified atom stereocenters. The van der Waals surface area contributed by atoms with E-state index in [4.69, 9.17) is 9.47 Å². The predicted octanol–water partition coefficient (Wildman–Crippen LogP) is 2.70. The Morgan fingerprint density at radius 2 is 1.46 bits per heavy atom. The van der Waals surface area contributed by atoms with Crippen molar-refractivity contribution in [1.82, 2.24) is 0 Å². The zero-order valence-electron chi connectivity index (χ0n) is 15.0. The molecule has 0 amide bonds. The highest BCUT2D eigenvalue weighted by molar-refractivity contribution is 6.06. The van der Waals surface area contributed by atoms with Crippen molar-refractivity contribution in [2.45, 2.75) is 39.9 Å². The Morgan fingerprint density at radius 3 is 1.81 bits per heavy atom. The third-order valence-corrected chi connectivity index (χ3v) is 3.08. The maximum atomic E-state index is 12.3. The molecule has 0 N–H and O–H groups in total. The van der Waals surface area contributed by atoms with E-state index in [0.717, 1.165) is 0 Å². The van der Waals surface area contributed by atoms with Crippen LogP contribution in [-0.2, 0) is 23.9 Å². The summed E-state index contributed by atoms with van der Waals surface area (Å²) in [6.07, 6.45) is 0.702. The van der Waals surface area contributed by atoms with Gasteiger partial charge >= 0.3 is 11.9 Å². The van der Waals surface area contributed by atoms with Crippen molar-refractivity contribution < 1.29 is 28.8 Å². The maximum Gasteiger partial charge on any atom is 0.325 e. The van der Waals surface area contributed by atoms with E-state index in [0.29, 0.717) is 11.8 Å². The summed E-state index contributed by atoms with van der Waals surface area (Å²) in [5.74, 6) is -3.33. The van der Waals surface area contributed by atoms with Crippen molar-refractivity contribution in [3.05, 3.63) is 45.5 Å². The number of nitro benzene ring substituents is 1. The van der Waals surface area contributed by atoms with E-state index in [1.165, 1.54) is 30.3 Å². The number of aldehydes is 1. The van der Waals surface area contributed by atoms with Crippen molar-refractivity contribution in [1.29, 1.82) is 0 Å². The second kappa shape index (κ2) is 9.45. The van der Waals surface area contributed by atoms with Crippen molar-refractivity contribution in [3.8, 4) is 0 Å². The molecule has 8 nitrogen and oxygen atoms in total. The van der Waals surface area contributed by atoms with E-state index in [1.54, 1.807) is 27.7 Å². The van der Waals surface area contributed by atoms with E-state index in [9.17, 15) is 24.5 Å². The van der Waals surface area contributed by atoms with Crippen molar-refractivity contribution in [3.63, 3.8) is 0 Å². The third-order valence-electron chi connectivity index (χ3n) is 3.08. The highest BCUT2D eigenvalue weighted by Gasteiger charge is 2.34. The molecule has 1 aromatic rings. The third kappa shape index (κ3) is 6.12. The second-order valence-electron chi connectivity index (χ2n) is 6.02. The Hall–Kier alpha value is -3.03. The van der Waals surface area contributed by atoms with Gasteiger partial charge in [-0.05, 0) is 51.5 Å². The van der Waals surface area contributed by atoms with Gasteiger partial charge in [0.15, 0.2) is 5.92 Å². The molecule has 0 fully saturated rings. The fourth-order valence-electron chi connectivity index (χ4n) is 2.04. The molecule has 1 aromatic carbocycles. The van der Waals surface area contributed by atoms with Gasteiger partial charge in [0, 0.05) is 17.7 Å². The number of carbonyl (C=O) groups excluding carboxylic acids is 3. The standard InChI is InChI=1S/C18H21NO7/c1-11(2)25-17(21)16(18(22)26-12(3)4)14(10-20)9-13-5-7-15(8-6-13)19(23)24/h5-12,16H,1-4H3/b14-9-. The Labute approximate surface area is 150 Å². The molecule has 0 radical (unpaired) electrons. The summed E-state index contributed by atoms with van der Waals surface area (Å²) in [5, 5.41) is 10.7. The number of rotatable bonds is 8. The van der Waals surface area contributed by atoms with Gasteiger partial charge in [-0.3, -0.25) is 24.5 Å². The summed E-state index contributed by atoms with van der Waals surface area (Å²) in [5.41, 5.74) is 0.136. The number of nitro groups is 1. The van der Waals surface area contributed by atoms with E-state index < -0.39 is 35.0 Å². The number of ether oxygens (including phenoxy) is 2. The van der Waals surface area contributed by atoms with E-state index in [-0.39, 0.29) is 11.3 Å². The van der Waals surface area contributed by atoms with Crippen LogP contribution in [0, 0.1) is 16.0 Å². The number of nitrogens with zero attached hydrogens (tertiary/aromatic N) is 1. The van der Waals surface area contributed by atoms with Gasteiger partial charge in [0.2, 0.25) is 0 Å². The Bertz CT molecular complexity index is 683. The lowest BCUT2D eigenvalue weighted by Crippen LogP contribution is -2.33. The molecule has 0 aliphatic heterocycles. The molecule has 0 saturated heterocycles. The first kappa shape index (κ1) is 21.0. The first-order valence-corrected chi connectivity index (χ1v) is 7.98. The molecule has 0 aliphatic rings. The van der Waals surface area contributed by atoms with Gasteiger partial charge in [-0.1, -0.05) is 0 Å². The summed E-state index contributed by atoms with van der Waals surface area (Å²) in [4.78, 5) is 46.2. The summed E-state index contributed by atoms with van der Waals surface area (Å²) in [7, 11) is 0. The highest BCUT2D eigenvalue weighted by Crippen LogP contribution is 2.20. The number of benzene rings is 1.